The van der Waals surface area contributed by atoms with Gasteiger partial charge in [0.1, 0.15) is 0 Å². The molecule has 1 N–H and O–H groups in total. The zero-order chi connectivity index (χ0) is 10.3. The maximum atomic E-state index is 12.4. The molecule has 14 heavy (non-hydrogen) atoms. The van der Waals surface area contributed by atoms with Crippen molar-refractivity contribution in [3.8, 4) is 0 Å². The number of nitrogens with one attached hydrogen (secondary N) is 1. The third-order valence-corrected chi connectivity index (χ3v) is 1.89. The van der Waals surface area contributed by atoms with Crippen LogP contribution in [0.5, 0.6) is 0 Å². The van der Waals surface area contributed by atoms with Gasteiger partial charge in [-0.3, -0.25) is 4.40 Å². The molecule has 0 spiro atoms. The smallest absolute Gasteiger partial charge is 0.312 e. The quantitative estimate of drug-likeness (QED) is 0.692. The maximum Gasteiger partial charge on any atom is 0.418 e. The van der Waals surface area contributed by atoms with Gasteiger partial charge in [-0.15, -0.1) is 0 Å². The molecule has 2 rings (SSSR count). The highest BCUT2D eigenvalue weighted by atomic mass is 19.4. The summed E-state index contributed by atoms with van der Waals surface area (Å²) in [6.07, 6.45) is -2.12. The molecule has 2 aromatic heterocycles. The van der Waals surface area contributed by atoms with Gasteiger partial charge in [0.25, 0.3) is 0 Å². The summed E-state index contributed by atoms with van der Waals surface area (Å²) < 4.78 is 38.1. The SMILES string of the molecule is O=c1[nH]cc2c(C(F)(F)F)cccn12. The van der Waals surface area contributed by atoms with Crippen LogP contribution in [0.25, 0.3) is 5.52 Å². The lowest BCUT2D eigenvalue weighted by Gasteiger charge is -2.07. The Morgan fingerprint density at radius 2 is 2.07 bits per heavy atom. The number of fused-ring (bicyclic) bond motifs is 1. The molecule has 0 bridgehead atoms. The monoisotopic (exact) mass is 202 g/mol. The predicted molar refractivity (Wildman–Crippen MR) is 43.0 cm³/mol. The Labute approximate surface area is 75.8 Å². The molecule has 0 aromatic carbocycles. The fourth-order valence-electron chi connectivity index (χ4n) is 1.28. The third kappa shape index (κ3) is 1.19. The van der Waals surface area contributed by atoms with Crippen molar-refractivity contribution < 1.29 is 13.2 Å². The van der Waals surface area contributed by atoms with E-state index in [2.05, 4.69) is 4.98 Å². The van der Waals surface area contributed by atoms with Crippen LogP contribution in [-0.4, -0.2) is 9.38 Å². The highest BCUT2D eigenvalue weighted by Gasteiger charge is 2.33. The van der Waals surface area contributed by atoms with Gasteiger partial charge in [0.05, 0.1) is 11.1 Å². The van der Waals surface area contributed by atoms with Gasteiger partial charge in [-0.2, -0.15) is 13.2 Å². The number of hydrogen-bond donors (Lipinski definition) is 1. The van der Waals surface area contributed by atoms with Crippen LogP contribution in [0.2, 0.25) is 0 Å². The Kier molecular flexibility index (Phi) is 1.67. The molecule has 0 radical (unpaired) electrons. The van der Waals surface area contributed by atoms with Gasteiger partial charge in [0, 0.05) is 12.4 Å². The first kappa shape index (κ1) is 8.86. The van der Waals surface area contributed by atoms with Crippen molar-refractivity contribution in [1.29, 1.82) is 0 Å². The van der Waals surface area contributed by atoms with Crippen LogP contribution in [0.1, 0.15) is 5.56 Å². The van der Waals surface area contributed by atoms with Gasteiger partial charge >= 0.3 is 11.9 Å². The number of aromatic nitrogens is 2. The van der Waals surface area contributed by atoms with Crippen LogP contribution in [0, 0.1) is 0 Å². The second-order valence-electron chi connectivity index (χ2n) is 2.77. The lowest BCUT2D eigenvalue weighted by molar-refractivity contribution is -0.136. The molecule has 0 unspecified atom stereocenters. The van der Waals surface area contributed by atoms with E-state index >= 15 is 0 Å². The number of nitrogens with zero attached hydrogens (tertiary/aromatic N) is 1. The number of rotatable bonds is 0. The summed E-state index contributed by atoms with van der Waals surface area (Å²) in [5.74, 6) is 0. The molecule has 0 amide bonds. The predicted octanol–water partition coefficient (Wildman–Crippen LogP) is 1.65. The Morgan fingerprint density at radius 1 is 1.36 bits per heavy atom. The van der Waals surface area contributed by atoms with Crippen molar-refractivity contribution in [1.82, 2.24) is 9.38 Å². The van der Waals surface area contributed by atoms with Gasteiger partial charge in [-0.1, -0.05) is 0 Å². The van der Waals surface area contributed by atoms with E-state index in [0.29, 0.717) is 0 Å². The average molecular weight is 202 g/mol. The number of H-pyrrole nitrogens is 1. The summed E-state index contributed by atoms with van der Waals surface area (Å²) in [5, 5.41) is 0. The molecule has 0 aliphatic rings. The molecular weight excluding hydrogens is 197 g/mol. The number of hydrogen-bond acceptors (Lipinski definition) is 1. The van der Waals surface area contributed by atoms with E-state index in [4.69, 9.17) is 0 Å². The number of halogens is 3. The van der Waals surface area contributed by atoms with E-state index in [0.717, 1.165) is 16.7 Å². The molecule has 6 heteroatoms. The van der Waals surface area contributed by atoms with Gasteiger partial charge in [-0.25, -0.2) is 4.79 Å². The summed E-state index contributed by atoms with van der Waals surface area (Å²) in [5.41, 5.74) is -1.56. The fourth-order valence-corrected chi connectivity index (χ4v) is 1.28. The molecule has 0 saturated heterocycles. The van der Waals surface area contributed by atoms with Crippen molar-refractivity contribution in [2.45, 2.75) is 6.18 Å². The summed E-state index contributed by atoms with van der Waals surface area (Å²) in [4.78, 5) is 13.2. The molecule has 74 valence electrons. The maximum absolute atomic E-state index is 12.4. The number of alkyl halides is 3. The van der Waals surface area contributed by atoms with Gasteiger partial charge in [-0.05, 0) is 12.1 Å². The van der Waals surface area contributed by atoms with E-state index in [1.165, 1.54) is 12.3 Å². The first-order valence-electron chi connectivity index (χ1n) is 3.76. The fraction of sp³-hybridized carbons (Fsp3) is 0.125. The lowest BCUT2D eigenvalue weighted by Crippen LogP contribution is -2.12. The zero-order valence-corrected chi connectivity index (χ0v) is 6.80. The van der Waals surface area contributed by atoms with Crippen molar-refractivity contribution in [2.24, 2.45) is 0 Å². The lowest BCUT2D eigenvalue weighted by atomic mass is 10.2. The van der Waals surface area contributed by atoms with Crippen molar-refractivity contribution >= 4 is 5.52 Å². The molecule has 2 heterocycles. The highest BCUT2D eigenvalue weighted by Crippen LogP contribution is 2.31. The summed E-state index contributed by atoms with van der Waals surface area (Å²) in [6.45, 7) is 0. The average Bonchev–Trinajstić information content (AvgIpc) is 2.46. The molecule has 3 nitrogen and oxygen atoms in total. The third-order valence-electron chi connectivity index (χ3n) is 1.89. The van der Waals surface area contributed by atoms with E-state index in [9.17, 15) is 18.0 Å². The minimum absolute atomic E-state index is 0.162. The molecular formula is C8H5F3N2O. The second kappa shape index (κ2) is 2.63. The summed E-state index contributed by atoms with van der Waals surface area (Å²) >= 11 is 0. The van der Waals surface area contributed by atoms with Crippen LogP contribution < -0.4 is 5.69 Å². The van der Waals surface area contributed by atoms with Crippen LogP contribution in [-0.2, 0) is 6.18 Å². The molecule has 0 saturated carbocycles. The van der Waals surface area contributed by atoms with Gasteiger partial charge in [0.2, 0.25) is 0 Å². The van der Waals surface area contributed by atoms with Crippen molar-refractivity contribution in [3.05, 3.63) is 40.6 Å². The first-order chi connectivity index (χ1) is 6.50. The summed E-state index contributed by atoms with van der Waals surface area (Å²) in [6, 6.07) is 2.12. The van der Waals surface area contributed by atoms with E-state index in [1.807, 2.05) is 0 Å². The summed E-state index contributed by atoms with van der Waals surface area (Å²) in [7, 11) is 0. The van der Waals surface area contributed by atoms with Gasteiger partial charge in [0.15, 0.2) is 0 Å². The van der Waals surface area contributed by atoms with Crippen LogP contribution in [0.4, 0.5) is 13.2 Å². The molecule has 2 aromatic rings. The largest absolute Gasteiger partial charge is 0.418 e. The Bertz CT molecular complexity index is 523. The van der Waals surface area contributed by atoms with Crippen molar-refractivity contribution in [2.75, 3.05) is 0 Å². The Hall–Kier alpha value is -1.72. The zero-order valence-electron chi connectivity index (χ0n) is 6.80. The Balaban J connectivity index is 2.85. The normalized spacial score (nSPS) is 12.2. The standard InChI is InChI=1S/C8H5F3N2O/c9-8(10,11)5-2-1-3-13-6(5)4-12-7(13)14/h1-4H,(H,12,14). The van der Waals surface area contributed by atoms with E-state index < -0.39 is 17.4 Å². The number of pyridine rings is 1. The first-order valence-corrected chi connectivity index (χ1v) is 3.76. The minimum Gasteiger partial charge on any atom is -0.312 e. The number of aromatic amines is 1. The molecule has 0 fully saturated rings. The van der Waals surface area contributed by atoms with Crippen LogP contribution in [0.15, 0.2) is 29.3 Å². The van der Waals surface area contributed by atoms with Crippen LogP contribution in [0.3, 0.4) is 0 Å². The molecule has 0 atom stereocenters. The van der Waals surface area contributed by atoms with E-state index in [-0.39, 0.29) is 5.52 Å². The van der Waals surface area contributed by atoms with Gasteiger partial charge < -0.3 is 4.98 Å². The Morgan fingerprint density at radius 3 is 2.71 bits per heavy atom. The van der Waals surface area contributed by atoms with E-state index in [1.54, 1.807) is 0 Å². The highest BCUT2D eigenvalue weighted by molar-refractivity contribution is 5.54. The molecule has 0 aliphatic carbocycles. The van der Waals surface area contributed by atoms with Crippen LogP contribution >= 0.6 is 0 Å². The number of imidazole rings is 1. The van der Waals surface area contributed by atoms with Crippen molar-refractivity contribution in [3.63, 3.8) is 0 Å². The minimum atomic E-state index is -4.44. The second-order valence-corrected chi connectivity index (χ2v) is 2.77. The topological polar surface area (TPSA) is 37.3 Å². The molecule has 0 aliphatic heterocycles.